The van der Waals surface area contributed by atoms with Crippen molar-refractivity contribution >= 4 is 19.4 Å². The van der Waals surface area contributed by atoms with Gasteiger partial charge in [0.05, 0.1) is 12.7 Å². The Kier molecular flexibility index (Phi) is 17.2. The minimum absolute atomic E-state index is 0.191. The van der Waals surface area contributed by atoms with E-state index in [0.717, 1.165) is 31.4 Å². The molecule has 0 radical (unpaired) electrons. The van der Waals surface area contributed by atoms with E-state index in [2.05, 4.69) is 13.8 Å². The van der Waals surface area contributed by atoms with Crippen molar-refractivity contribution in [2.24, 2.45) is 0 Å². The van der Waals surface area contributed by atoms with E-state index >= 15 is 0 Å². The van der Waals surface area contributed by atoms with E-state index in [1.54, 1.807) is 11.8 Å². The van der Waals surface area contributed by atoms with Crippen LogP contribution in [0.5, 0.6) is 0 Å². The molecule has 24 heavy (non-hydrogen) atoms. The summed E-state index contributed by atoms with van der Waals surface area (Å²) < 4.78 is 17.4. The van der Waals surface area contributed by atoms with E-state index in [1.165, 1.54) is 44.9 Å². The fraction of sp³-hybridized carbons (Fsp3) is 1.00. The Morgan fingerprint density at radius 3 is 2.04 bits per heavy atom. The Labute approximate surface area is 153 Å². The van der Waals surface area contributed by atoms with Gasteiger partial charge in [0.1, 0.15) is 0 Å². The molecule has 0 saturated carbocycles. The monoisotopic (exact) mass is 382 g/mol. The van der Waals surface area contributed by atoms with Gasteiger partial charge in [-0.15, -0.1) is 0 Å². The first-order valence-corrected chi connectivity index (χ1v) is 12.7. The summed E-state index contributed by atoms with van der Waals surface area (Å²) in [5.41, 5.74) is 0. The highest BCUT2D eigenvalue weighted by Crippen LogP contribution is 2.44. The maximum atomic E-state index is 12.1. The first-order chi connectivity index (χ1) is 11.6. The van der Waals surface area contributed by atoms with Gasteiger partial charge >= 0.3 is 7.60 Å². The molecule has 6 heteroatoms. The van der Waals surface area contributed by atoms with Crippen LogP contribution in [0.4, 0.5) is 0 Å². The summed E-state index contributed by atoms with van der Waals surface area (Å²) >= 11 is 1.70. The molecule has 0 heterocycles. The van der Waals surface area contributed by atoms with Crippen molar-refractivity contribution in [2.45, 2.75) is 90.6 Å². The zero-order valence-electron chi connectivity index (χ0n) is 15.8. The first-order valence-electron chi connectivity index (χ1n) is 9.74. The van der Waals surface area contributed by atoms with E-state index < -0.39 is 13.7 Å². The minimum atomic E-state index is -3.56. The molecule has 0 spiro atoms. The molecule has 2 N–H and O–H groups in total. The van der Waals surface area contributed by atoms with Crippen molar-refractivity contribution in [1.29, 1.82) is 0 Å². The number of aliphatic hydroxyl groups is 1. The lowest BCUT2D eigenvalue weighted by Crippen LogP contribution is -2.20. The van der Waals surface area contributed by atoms with Crippen LogP contribution in [-0.4, -0.2) is 40.4 Å². The van der Waals surface area contributed by atoms with Crippen LogP contribution in [0.2, 0.25) is 0 Å². The van der Waals surface area contributed by atoms with Crippen molar-refractivity contribution in [2.75, 3.05) is 24.3 Å². The lowest BCUT2D eigenvalue weighted by Gasteiger charge is -2.19. The number of hydrogen-bond donors (Lipinski definition) is 2. The zero-order chi connectivity index (χ0) is 18.1. The van der Waals surface area contributed by atoms with E-state index in [1.807, 2.05) is 0 Å². The third kappa shape index (κ3) is 16.0. The number of hydrogen-bond acceptors (Lipinski definition) is 4. The Bertz CT molecular complexity index is 315. The second-order valence-corrected chi connectivity index (χ2v) is 9.61. The maximum absolute atomic E-state index is 12.1. The molecule has 0 rings (SSSR count). The number of rotatable bonds is 18. The SMILES string of the molecule is CCCCCCCCP(=O)(O)OC(CO)CSCCCCCCC. The van der Waals surface area contributed by atoms with Crippen LogP contribution in [-0.2, 0) is 9.09 Å². The van der Waals surface area contributed by atoms with Crippen LogP contribution in [0.25, 0.3) is 0 Å². The topological polar surface area (TPSA) is 66.8 Å². The molecule has 0 aromatic rings. The number of aliphatic hydroxyl groups excluding tert-OH is 1. The Balaban J connectivity index is 3.76. The van der Waals surface area contributed by atoms with E-state index in [0.29, 0.717) is 5.75 Å². The van der Waals surface area contributed by atoms with Gasteiger partial charge in [-0.1, -0.05) is 71.6 Å². The normalized spacial score (nSPS) is 15.3. The molecular formula is C18H39O4PS. The Morgan fingerprint density at radius 1 is 0.917 bits per heavy atom. The zero-order valence-corrected chi connectivity index (χ0v) is 17.5. The fourth-order valence-corrected chi connectivity index (χ4v) is 4.96. The van der Waals surface area contributed by atoms with Gasteiger partial charge in [0.15, 0.2) is 0 Å². The van der Waals surface area contributed by atoms with Gasteiger partial charge in [-0.25, -0.2) is 0 Å². The predicted molar refractivity (Wildman–Crippen MR) is 106 cm³/mol. The fourth-order valence-electron chi connectivity index (χ4n) is 2.52. The Morgan fingerprint density at radius 2 is 1.46 bits per heavy atom. The van der Waals surface area contributed by atoms with Crippen molar-refractivity contribution in [3.05, 3.63) is 0 Å². The third-order valence-electron chi connectivity index (χ3n) is 4.01. The quantitative estimate of drug-likeness (QED) is 0.238. The second kappa shape index (κ2) is 16.9. The van der Waals surface area contributed by atoms with Gasteiger partial charge in [-0.3, -0.25) is 4.57 Å². The smallest absolute Gasteiger partial charge is 0.328 e. The van der Waals surface area contributed by atoms with Crippen LogP contribution in [0.3, 0.4) is 0 Å². The lowest BCUT2D eigenvalue weighted by atomic mass is 10.1. The van der Waals surface area contributed by atoms with Gasteiger partial charge < -0.3 is 14.5 Å². The van der Waals surface area contributed by atoms with Gasteiger partial charge in [0, 0.05) is 11.9 Å². The van der Waals surface area contributed by atoms with E-state index in [-0.39, 0.29) is 12.8 Å². The summed E-state index contributed by atoms with van der Waals surface area (Å²) in [6.07, 6.45) is 12.3. The highest BCUT2D eigenvalue weighted by atomic mass is 32.2. The summed E-state index contributed by atoms with van der Waals surface area (Å²) in [6, 6.07) is 0. The van der Waals surface area contributed by atoms with Gasteiger partial charge in [0.25, 0.3) is 0 Å². The molecule has 146 valence electrons. The largest absolute Gasteiger partial charge is 0.394 e. The van der Waals surface area contributed by atoms with E-state index in [9.17, 15) is 14.6 Å². The molecule has 2 unspecified atom stereocenters. The summed E-state index contributed by atoms with van der Waals surface area (Å²) in [7, 11) is -3.56. The molecule has 2 atom stereocenters. The molecule has 0 saturated heterocycles. The van der Waals surface area contributed by atoms with Crippen molar-refractivity contribution in [3.63, 3.8) is 0 Å². The van der Waals surface area contributed by atoms with E-state index in [4.69, 9.17) is 4.52 Å². The number of unbranched alkanes of at least 4 members (excludes halogenated alkanes) is 9. The lowest BCUT2D eigenvalue weighted by molar-refractivity contribution is 0.119. The van der Waals surface area contributed by atoms with Crippen LogP contribution in [0.15, 0.2) is 0 Å². The first kappa shape index (κ1) is 24.5. The van der Waals surface area contributed by atoms with Gasteiger partial charge in [-0.2, -0.15) is 11.8 Å². The summed E-state index contributed by atoms with van der Waals surface area (Å²) in [6.45, 7) is 4.19. The summed E-state index contributed by atoms with van der Waals surface area (Å²) in [4.78, 5) is 9.93. The highest BCUT2D eigenvalue weighted by Gasteiger charge is 2.24. The minimum Gasteiger partial charge on any atom is -0.394 e. The number of thioether (sulfide) groups is 1. The van der Waals surface area contributed by atoms with Crippen molar-refractivity contribution in [1.82, 2.24) is 0 Å². The second-order valence-electron chi connectivity index (χ2n) is 6.53. The van der Waals surface area contributed by atoms with Crippen LogP contribution in [0, 0.1) is 0 Å². The molecule has 0 aliphatic carbocycles. The molecule has 0 aromatic heterocycles. The molecule has 0 aromatic carbocycles. The average molecular weight is 383 g/mol. The molecular weight excluding hydrogens is 343 g/mol. The molecule has 4 nitrogen and oxygen atoms in total. The molecule has 0 aliphatic rings. The molecule has 0 aliphatic heterocycles. The maximum Gasteiger partial charge on any atom is 0.328 e. The van der Waals surface area contributed by atoms with Crippen molar-refractivity contribution in [3.8, 4) is 0 Å². The van der Waals surface area contributed by atoms with Gasteiger partial charge in [-0.05, 0) is 18.6 Å². The molecule has 0 fully saturated rings. The van der Waals surface area contributed by atoms with Crippen LogP contribution in [0.1, 0.15) is 84.5 Å². The molecule has 0 bridgehead atoms. The van der Waals surface area contributed by atoms with Crippen molar-refractivity contribution < 1.29 is 19.1 Å². The average Bonchev–Trinajstić information content (AvgIpc) is 2.56. The third-order valence-corrected chi connectivity index (χ3v) is 6.70. The molecule has 0 amide bonds. The predicted octanol–water partition coefficient (Wildman–Crippen LogP) is 5.61. The van der Waals surface area contributed by atoms with Crippen LogP contribution < -0.4 is 0 Å². The van der Waals surface area contributed by atoms with Gasteiger partial charge in [0.2, 0.25) is 0 Å². The standard InChI is InChI=1S/C18H39O4PS/c1-3-5-7-9-10-12-14-23(20,21)22-18(16-19)17-24-15-13-11-8-6-4-2/h18-19H,3-17H2,1-2H3,(H,20,21). The highest BCUT2D eigenvalue weighted by molar-refractivity contribution is 7.99. The summed E-state index contributed by atoms with van der Waals surface area (Å²) in [5.74, 6) is 1.61. The summed E-state index contributed by atoms with van der Waals surface area (Å²) in [5, 5.41) is 9.36. The Hall–Kier alpha value is 0.460. The van der Waals surface area contributed by atoms with Crippen LogP contribution >= 0.6 is 19.4 Å².